The van der Waals surface area contributed by atoms with Crippen LogP contribution in [0.2, 0.25) is 0 Å². The fraction of sp³-hybridized carbons (Fsp3) is 0.688. The summed E-state index contributed by atoms with van der Waals surface area (Å²) in [6.07, 6.45) is 7.47. The van der Waals surface area contributed by atoms with Gasteiger partial charge in [-0.3, -0.25) is 19.5 Å². The third-order valence-electron chi connectivity index (χ3n) is 8.41. The van der Waals surface area contributed by atoms with Crippen molar-refractivity contribution in [2.45, 2.75) is 103 Å². The molecule has 0 radical (unpaired) electrons. The second kappa shape index (κ2) is 16.8. The molecule has 11 heteroatoms. The summed E-state index contributed by atoms with van der Waals surface area (Å²) in [6.45, 7) is 7.84. The zero-order valence-electron chi connectivity index (χ0n) is 26.2. The monoisotopic (exact) mass is 621 g/mol. The number of amides is 2. The van der Waals surface area contributed by atoms with Gasteiger partial charge in [0.1, 0.15) is 6.23 Å². The van der Waals surface area contributed by atoms with Crippen LogP contribution >= 0.6 is 7.60 Å². The van der Waals surface area contributed by atoms with Gasteiger partial charge in [-0.2, -0.15) is 0 Å². The molecule has 0 aromatic heterocycles. The molecule has 1 spiro atoms. The number of hydrogen-bond acceptors (Lipinski definition) is 8. The van der Waals surface area contributed by atoms with Gasteiger partial charge in [-0.1, -0.05) is 56.3 Å². The molecular formula is C32H52N3O7P. The average molecular weight is 622 g/mol. The highest BCUT2D eigenvalue weighted by Crippen LogP contribution is 2.54. The van der Waals surface area contributed by atoms with Crippen LogP contribution in [0.3, 0.4) is 0 Å². The molecule has 1 saturated heterocycles. The van der Waals surface area contributed by atoms with Gasteiger partial charge in [0.2, 0.25) is 11.8 Å². The zero-order valence-corrected chi connectivity index (χ0v) is 27.1. The molecule has 242 valence electrons. The Morgan fingerprint density at radius 2 is 1.79 bits per heavy atom. The lowest BCUT2D eigenvalue weighted by molar-refractivity contribution is -0.130. The molecule has 0 bridgehead atoms. The van der Waals surface area contributed by atoms with Gasteiger partial charge in [0, 0.05) is 12.5 Å². The maximum absolute atomic E-state index is 14.0. The van der Waals surface area contributed by atoms with Crippen molar-refractivity contribution in [3.8, 4) is 0 Å². The summed E-state index contributed by atoms with van der Waals surface area (Å²) < 4.78 is 24.7. The van der Waals surface area contributed by atoms with Crippen LogP contribution in [0.25, 0.3) is 0 Å². The van der Waals surface area contributed by atoms with E-state index < -0.39 is 43.1 Å². The number of aliphatic hydroxyl groups excluding tert-OH is 2. The molecule has 6 atom stereocenters. The molecule has 1 fully saturated rings. The van der Waals surface area contributed by atoms with Crippen LogP contribution in [0.15, 0.2) is 42.5 Å². The molecule has 3 rings (SSSR count). The van der Waals surface area contributed by atoms with E-state index in [0.29, 0.717) is 32.2 Å². The number of nitrogens with one attached hydrogen (secondary N) is 3. The average Bonchev–Trinajstić information content (AvgIpc) is 3.32. The highest BCUT2D eigenvalue weighted by atomic mass is 31.2. The summed E-state index contributed by atoms with van der Waals surface area (Å²) in [5, 5.41) is 32.0. The number of carbonyl (C=O) groups excluding carboxylic acids is 2. The molecule has 2 amide bonds. The van der Waals surface area contributed by atoms with Crippen molar-refractivity contribution in [3.63, 3.8) is 0 Å². The molecule has 10 nitrogen and oxygen atoms in total. The first-order valence-electron chi connectivity index (χ1n) is 15.8. The first-order valence-corrected chi connectivity index (χ1v) is 17.4. The van der Waals surface area contributed by atoms with Crippen LogP contribution in [0, 0.1) is 17.3 Å². The van der Waals surface area contributed by atoms with Crippen LogP contribution in [-0.4, -0.2) is 65.9 Å². The van der Waals surface area contributed by atoms with Gasteiger partial charge < -0.3 is 29.9 Å². The molecule has 2 aliphatic rings. The highest BCUT2D eigenvalue weighted by Gasteiger charge is 2.49. The van der Waals surface area contributed by atoms with E-state index in [1.165, 1.54) is 0 Å². The second-order valence-electron chi connectivity index (χ2n) is 12.2. The number of benzene rings is 1. The van der Waals surface area contributed by atoms with E-state index in [1.807, 2.05) is 50.3 Å². The summed E-state index contributed by atoms with van der Waals surface area (Å²) in [6, 6.07) is 8.08. The summed E-state index contributed by atoms with van der Waals surface area (Å²) in [5.74, 6) is -2.34. The van der Waals surface area contributed by atoms with Crippen molar-refractivity contribution in [2.24, 2.45) is 17.3 Å². The van der Waals surface area contributed by atoms with E-state index in [1.54, 1.807) is 13.8 Å². The largest absolute Gasteiger partial charge is 0.379 e. The minimum Gasteiger partial charge on any atom is -0.379 e. The topological polar surface area (TPSA) is 146 Å². The minimum atomic E-state index is -4.07. The third kappa shape index (κ3) is 9.96. The fourth-order valence-corrected chi connectivity index (χ4v) is 7.89. The van der Waals surface area contributed by atoms with E-state index in [-0.39, 0.29) is 37.4 Å². The van der Waals surface area contributed by atoms with Crippen molar-refractivity contribution < 1.29 is 33.4 Å². The van der Waals surface area contributed by atoms with Gasteiger partial charge in [-0.25, -0.2) is 0 Å². The minimum absolute atomic E-state index is 0.0376. The van der Waals surface area contributed by atoms with E-state index in [9.17, 15) is 24.4 Å². The molecule has 1 aromatic rings. The Hall–Kier alpha value is -2.07. The molecule has 0 aliphatic carbocycles. The summed E-state index contributed by atoms with van der Waals surface area (Å²) in [5.41, 5.74) is 0.196. The standard InChI is InChI=1S/C32H52N3O7P/c1-5-41-43(40,42-6-2)30(38)27-22-32(18-19-33-31(32)39)17-13-8-7-12-16-25(21-24-14-10-9-11-15-24)28(36)34-26(20-23(3)4)29(37)35-27/h8-11,13-15,23,25-28,30,34,36,38H,5-7,12,16-22H2,1-4H3,(H,33,39)(H,35,37)/b13-8+/t25?,26-,27-,28?,30?,32?/m0/s1. The Labute approximate surface area is 256 Å². The van der Waals surface area contributed by atoms with Gasteiger partial charge in [0.15, 0.2) is 5.85 Å². The maximum Gasteiger partial charge on any atom is 0.360 e. The first kappa shape index (κ1) is 35.4. The van der Waals surface area contributed by atoms with Crippen molar-refractivity contribution in [2.75, 3.05) is 19.8 Å². The molecular weight excluding hydrogens is 569 g/mol. The lowest BCUT2D eigenvalue weighted by Crippen LogP contribution is -2.56. The molecule has 4 unspecified atom stereocenters. The molecule has 43 heavy (non-hydrogen) atoms. The number of carbonyl (C=O) groups is 2. The Balaban J connectivity index is 2.00. The number of aliphatic hydroxyl groups is 2. The third-order valence-corrected chi connectivity index (χ3v) is 10.7. The fourth-order valence-electron chi connectivity index (χ4n) is 6.17. The van der Waals surface area contributed by atoms with Crippen LogP contribution in [0.5, 0.6) is 0 Å². The normalized spacial score (nSPS) is 29.5. The van der Waals surface area contributed by atoms with Crippen molar-refractivity contribution in [3.05, 3.63) is 48.0 Å². The van der Waals surface area contributed by atoms with Crippen LogP contribution in [0.4, 0.5) is 0 Å². The summed E-state index contributed by atoms with van der Waals surface area (Å²) >= 11 is 0. The maximum atomic E-state index is 14.0. The number of rotatable bonds is 10. The van der Waals surface area contributed by atoms with E-state index in [2.05, 4.69) is 22.0 Å². The highest BCUT2D eigenvalue weighted by molar-refractivity contribution is 7.54. The number of allylic oxidation sites excluding steroid dienone is 2. The van der Waals surface area contributed by atoms with E-state index >= 15 is 0 Å². The lowest BCUT2D eigenvalue weighted by Gasteiger charge is -2.36. The predicted octanol–water partition coefficient (Wildman–Crippen LogP) is 4.26. The SMILES string of the molecule is CCOP(=O)(OCC)C(O)[C@@H]1CC2(C/C=C/CCCC(Cc3ccccc3)C(O)N[C@@H](CC(C)C)C(=O)N1)CCNC2=O. The zero-order chi connectivity index (χ0) is 31.5. The van der Waals surface area contributed by atoms with Crippen molar-refractivity contribution in [1.29, 1.82) is 0 Å². The van der Waals surface area contributed by atoms with Gasteiger partial charge in [0.05, 0.1) is 30.7 Å². The van der Waals surface area contributed by atoms with Gasteiger partial charge >= 0.3 is 7.60 Å². The van der Waals surface area contributed by atoms with Crippen LogP contribution in [-0.2, 0) is 29.6 Å². The lowest BCUT2D eigenvalue weighted by atomic mass is 9.77. The van der Waals surface area contributed by atoms with Gasteiger partial charge in [0.25, 0.3) is 0 Å². The van der Waals surface area contributed by atoms with Crippen LogP contribution in [0.1, 0.15) is 78.2 Å². The summed E-state index contributed by atoms with van der Waals surface area (Å²) in [4.78, 5) is 27.2. The van der Waals surface area contributed by atoms with Gasteiger partial charge in [-0.05, 0) is 76.7 Å². The Bertz CT molecular complexity index is 1090. The summed E-state index contributed by atoms with van der Waals surface area (Å²) in [7, 11) is -4.07. The molecule has 2 heterocycles. The molecule has 1 aromatic carbocycles. The van der Waals surface area contributed by atoms with Crippen molar-refractivity contribution >= 4 is 19.4 Å². The Morgan fingerprint density at radius 1 is 1.09 bits per heavy atom. The smallest absolute Gasteiger partial charge is 0.360 e. The van der Waals surface area contributed by atoms with E-state index in [4.69, 9.17) is 9.05 Å². The first-order chi connectivity index (χ1) is 20.5. The van der Waals surface area contributed by atoms with E-state index in [0.717, 1.165) is 24.8 Å². The van der Waals surface area contributed by atoms with Crippen LogP contribution < -0.4 is 16.0 Å². The Morgan fingerprint density at radius 3 is 2.40 bits per heavy atom. The molecule has 2 aliphatic heterocycles. The molecule has 0 saturated carbocycles. The molecule has 5 N–H and O–H groups in total. The quantitative estimate of drug-likeness (QED) is 0.192. The van der Waals surface area contributed by atoms with Crippen molar-refractivity contribution in [1.82, 2.24) is 16.0 Å². The predicted molar refractivity (Wildman–Crippen MR) is 167 cm³/mol. The second-order valence-corrected chi connectivity index (χ2v) is 14.4. The Kier molecular flexibility index (Phi) is 13.9. The number of hydrogen-bond donors (Lipinski definition) is 5. The van der Waals surface area contributed by atoms with Gasteiger partial charge in [-0.15, -0.1) is 0 Å².